The van der Waals surface area contributed by atoms with E-state index < -0.39 is 0 Å². The topological polar surface area (TPSA) is 33.7 Å². The molecular weight excluding hydrogens is 264 g/mol. The Labute approximate surface area is 128 Å². The van der Waals surface area contributed by atoms with Gasteiger partial charge < -0.3 is 14.8 Å². The summed E-state index contributed by atoms with van der Waals surface area (Å²) in [5.74, 6) is 0.978. The molecule has 1 N–H and O–H groups in total. The number of hydrogen-bond donors (Lipinski definition) is 1. The van der Waals surface area contributed by atoms with Crippen LogP contribution in [-0.4, -0.2) is 51.4 Å². The van der Waals surface area contributed by atoms with Crippen LogP contribution < -0.4 is 10.1 Å². The van der Waals surface area contributed by atoms with E-state index >= 15 is 0 Å². The lowest BCUT2D eigenvalue weighted by atomic mass is 9.95. The van der Waals surface area contributed by atoms with E-state index in [-0.39, 0.29) is 12.1 Å². The Morgan fingerprint density at radius 3 is 2.81 bits per heavy atom. The molecule has 0 radical (unpaired) electrons. The molecule has 0 aliphatic carbocycles. The number of hydrogen-bond acceptors (Lipinski definition) is 4. The van der Waals surface area contributed by atoms with Gasteiger partial charge in [-0.3, -0.25) is 4.90 Å². The smallest absolute Gasteiger partial charge is 0.126 e. The van der Waals surface area contributed by atoms with E-state index in [0.717, 1.165) is 32.0 Å². The highest BCUT2D eigenvalue weighted by Crippen LogP contribution is 2.33. The number of nitrogens with one attached hydrogen (secondary N) is 1. The van der Waals surface area contributed by atoms with Gasteiger partial charge in [-0.05, 0) is 38.6 Å². The van der Waals surface area contributed by atoms with Crippen molar-refractivity contribution in [2.45, 2.75) is 32.9 Å². The molecule has 4 heteroatoms. The van der Waals surface area contributed by atoms with Gasteiger partial charge in [0.2, 0.25) is 0 Å². The molecule has 0 aromatic heterocycles. The highest BCUT2D eigenvalue weighted by molar-refractivity contribution is 5.47. The largest absolute Gasteiger partial charge is 0.496 e. The molecule has 1 aromatic carbocycles. The highest BCUT2D eigenvalue weighted by atomic mass is 16.5. The van der Waals surface area contributed by atoms with Crippen LogP contribution in [0, 0.1) is 13.8 Å². The third-order valence-electron chi connectivity index (χ3n) is 4.55. The average Bonchev–Trinajstić information content (AvgIpc) is 2.52. The summed E-state index contributed by atoms with van der Waals surface area (Å²) < 4.78 is 11.7. The fourth-order valence-electron chi connectivity index (χ4n) is 3.09. The zero-order valence-corrected chi connectivity index (χ0v) is 13.9. The van der Waals surface area contributed by atoms with Crippen LogP contribution in [0.25, 0.3) is 0 Å². The van der Waals surface area contributed by atoms with Crippen LogP contribution in [0.4, 0.5) is 0 Å². The summed E-state index contributed by atoms with van der Waals surface area (Å²) >= 11 is 0. The summed E-state index contributed by atoms with van der Waals surface area (Å²) in [4.78, 5) is 2.44. The van der Waals surface area contributed by atoms with Gasteiger partial charge in [0.1, 0.15) is 5.75 Å². The molecule has 0 bridgehead atoms. The molecule has 2 atom stereocenters. The zero-order chi connectivity index (χ0) is 15.4. The van der Waals surface area contributed by atoms with Gasteiger partial charge in [0.15, 0.2) is 0 Å². The number of benzene rings is 1. The van der Waals surface area contributed by atoms with Crippen LogP contribution >= 0.6 is 0 Å². The lowest BCUT2D eigenvalue weighted by Crippen LogP contribution is -2.47. The normalized spacial score (nSPS) is 21.3. The third kappa shape index (κ3) is 3.39. The van der Waals surface area contributed by atoms with E-state index in [1.807, 2.05) is 7.05 Å². The second-order valence-corrected chi connectivity index (χ2v) is 5.70. The second-order valence-electron chi connectivity index (χ2n) is 5.70. The molecule has 1 fully saturated rings. The van der Waals surface area contributed by atoms with E-state index in [1.54, 1.807) is 7.11 Å². The lowest BCUT2D eigenvalue weighted by molar-refractivity contribution is -0.0447. The Bertz CT molecular complexity index is 476. The SMILES string of the molecule is CCN1CCOC(C(NC)c2ccc(C)c(C)c2OC)C1. The van der Waals surface area contributed by atoms with Crippen molar-refractivity contribution < 1.29 is 9.47 Å². The maximum Gasteiger partial charge on any atom is 0.126 e. The van der Waals surface area contributed by atoms with E-state index in [1.165, 1.54) is 16.7 Å². The Balaban J connectivity index is 2.31. The Morgan fingerprint density at radius 1 is 1.43 bits per heavy atom. The van der Waals surface area contributed by atoms with Gasteiger partial charge in [-0.25, -0.2) is 0 Å². The molecule has 118 valence electrons. The van der Waals surface area contributed by atoms with Gasteiger partial charge in [0.05, 0.1) is 25.9 Å². The standard InChI is InChI=1S/C17H28N2O2/c1-6-19-9-10-21-15(11-19)16(18-4)14-8-7-12(2)13(3)17(14)20-5/h7-8,15-16,18H,6,9-11H2,1-5H3. The van der Waals surface area contributed by atoms with Gasteiger partial charge in [-0.1, -0.05) is 19.1 Å². The summed E-state index contributed by atoms with van der Waals surface area (Å²) in [7, 11) is 3.74. The van der Waals surface area contributed by atoms with Crippen molar-refractivity contribution in [3.05, 3.63) is 28.8 Å². The van der Waals surface area contributed by atoms with Gasteiger partial charge in [0.25, 0.3) is 0 Å². The number of likely N-dealkylation sites (N-methyl/N-ethyl adjacent to an activating group) is 2. The highest BCUT2D eigenvalue weighted by Gasteiger charge is 2.30. The van der Waals surface area contributed by atoms with E-state index in [2.05, 4.69) is 43.1 Å². The number of methoxy groups -OCH3 is 1. The number of nitrogens with zero attached hydrogens (tertiary/aromatic N) is 1. The first kappa shape index (κ1) is 16.3. The summed E-state index contributed by atoms with van der Waals surface area (Å²) in [6.07, 6.45) is 0.153. The third-order valence-corrected chi connectivity index (χ3v) is 4.55. The van der Waals surface area contributed by atoms with Gasteiger partial charge in [-0.2, -0.15) is 0 Å². The predicted octanol–water partition coefficient (Wildman–Crippen LogP) is 2.29. The molecule has 0 spiro atoms. The summed E-state index contributed by atoms with van der Waals surface area (Å²) in [6, 6.07) is 4.47. The van der Waals surface area contributed by atoms with Crippen molar-refractivity contribution in [2.24, 2.45) is 0 Å². The monoisotopic (exact) mass is 292 g/mol. The van der Waals surface area contributed by atoms with Crippen molar-refractivity contribution in [1.29, 1.82) is 0 Å². The molecule has 1 saturated heterocycles. The van der Waals surface area contributed by atoms with Crippen LogP contribution in [0.5, 0.6) is 5.75 Å². The Kier molecular flexibility index (Phi) is 5.62. The van der Waals surface area contributed by atoms with E-state index in [0.29, 0.717) is 0 Å². The zero-order valence-electron chi connectivity index (χ0n) is 13.9. The summed E-state index contributed by atoms with van der Waals surface area (Å²) in [5.41, 5.74) is 3.65. The van der Waals surface area contributed by atoms with Crippen LogP contribution in [0.3, 0.4) is 0 Å². The van der Waals surface area contributed by atoms with Crippen LogP contribution in [-0.2, 0) is 4.74 Å². The van der Waals surface area contributed by atoms with E-state index in [4.69, 9.17) is 9.47 Å². The first-order chi connectivity index (χ1) is 10.1. The molecule has 2 unspecified atom stereocenters. The van der Waals surface area contributed by atoms with Crippen molar-refractivity contribution in [3.63, 3.8) is 0 Å². The van der Waals surface area contributed by atoms with Crippen LogP contribution in [0.1, 0.15) is 29.7 Å². The molecule has 0 saturated carbocycles. The second kappa shape index (κ2) is 7.25. The molecule has 1 aromatic rings. The molecule has 1 aliphatic heterocycles. The van der Waals surface area contributed by atoms with Crippen molar-refractivity contribution in [2.75, 3.05) is 40.4 Å². The molecule has 21 heavy (non-hydrogen) atoms. The minimum atomic E-state index is 0.147. The van der Waals surface area contributed by atoms with Crippen molar-refractivity contribution >= 4 is 0 Å². The summed E-state index contributed by atoms with van der Waals surface area (Å²) in [5, 5.41) is 3.42. The number of rotatable bonds is 5. The number of morpholine rings is 1. The Morgan fingerprint density at radius 2 is 2.19 bits per heavy atom. The lowest BCUT2D eigenvalue weighted by Gasteiger charge is -2.37. The molecule has 4 nitrogen and oxygen atoms in total. The number of aryl methyl sites for hydroxylation is 1. The quantitative estimate of drug-likeness (QED) is 0.903. The van der Waals surface area contributed by atoms with Crippen molar-refractivity contribution in [1.82, 2.24) is 10.2 Å². The first-order valence-electron chi connectivity index (χ1n) is 7.77. The molecular formula is C17H28N2O2. The van der Waals surface area contributed by atoms with E-state index in [9.17, 15) is 0 Å². The van der Waals surface area contributed by atoms with Crippen molar-refractivity contribution in [3.8, 4) is 5.75 Å². The average molecular weight is 292 g/mol. The maximum atomic E-state index is 6.03. The molecule has 2 rings (SSSR count). The number of ether oxygens (including phenoxy) is 2. The fourth-order valence-corrected chi connectivity index (χ4v) is 3.09. The minimum absolute atomic E-state index is 0.147. The minimum Gasteiger partial charge on any atom is -0.496 e. The fraction of sp³-hybridized carbons (Fsp3) is 0.647. The van der Waals surface area contributed by atoms with Gasteiger partial charge in [0, 0.05) is 18.7 Å². The predicted molar refractivity (Wildman–Crippen MR) is 86.1 cm³/mol. The molecule has 0 amide bonds. The molecule has 1 aliphatic rings. The molecule has 1 heterocycles. The maximum absolute atomic E-state index is 6.03. The van der Waals surface area contributed by atoms with Crippen LogP contribution in [0.2, 0.25) is 0 Å². The van der Waals surface area contributed by atoms with Crippen LogP contribution in [0.15, 0.2) is 12.1 Å². The first-order valence-corrected chi connectivity index (χ1v) is 7.77. The Hall–Kier alpha value is -1.10. The van der Waals surface area contributed by atoms with Gasteiger partial charge >= 0.3 is 0 Å². The van der Waals surface area contributed by atoms with Gasteiger partial charge in [-0.15, -0.1) is 0 Å². The summed E-state index contributed by atoms with van der Waals surface area (Å²) in [6.45, 7) is 10.3.